The number of hydrogen-bond donors (Lipinski definition) is 1. The Kier molecular flexibility index (Phi) is 3.64. The van der Waals surface area contributed by atoms with Gasteiger partial charge in [0, 0.05) is 18.3 Å². The molecule has 2 heterocycles. The molecule has 4 heteroatoms. The van der Waals surface area contributed by atoms with E-state index in [4.69, 9.17) is 0 Å². The molecule has 0 aliphatic heterocycles. The van der Waals surface area contributed by atoms with Gasteiger partial charge >= 0.3 is 0 Å². The highest BCUT2D eigenvalue weighted by molar-refractivity contribution is 7.08. The Morgan fingerprint density at radius 3 is 2.71 bits per heavy atom. The van der Waals surface area contributed by atoms with Crippen molar-refractivity contribution in [3.63, 3.8) is 0 Å². The Morgan fingerprint density at radius 2 is 2.24 bits per heavy atom. The Balaban J connectivity index is 2.46. The summed E-state index contributed by atoms with van der Waals surface area (Å²) < 4.78 is 1.96. The van der Waals surface area contributed by atoms with Crippen molar-refractivity contribution < 1.29 is 0 Å². The topological polar surface area (TPSA) is 29.9 Å². The Labute approximate surface area is 106 Å². The molecule has 2 aromatic rings. The minimum absolute atomic E-state index is 0.264. The molecule has 1 atom stereocenters. The minimum atomic E-state index is 0.264. The molecule has 0 fully saturated rings. The molecule has 2 rings (SSSR count). The van der Waals surface area contributed by atoms with Gasteiger partial charge in [-0.3, -0.25) is 4.68 Å². The first-order chi connectivity index (χ1) is 8.15. The van der Waals surface area contributed by atoms with E-state index in [2.05, 4.69) is 48.0 Å². The van der Waals surface area contributed by atoms with Gasteiger partial charge < -0.3 is 5.32 Å². The van der Waals surface area contributed by atoms with E-state index in [1.807, 2.05) is 11.7 Å². The number of nitrogens with one attached hydrogen (secondary N) is 1. The van der Waals surface area contributed by atoms with Crippen molar-refractivity contribution in [1.82, 2.24) is 15.1 Å². The zero-order valence-corrected chi connectivity index (χ0v) is 11.6. The van der Waals surface area contributed by atoms with Gasteiger partial charge in [-0.05, 0) is 42.8 Å². The van der Waals surface area contributed by atoms with Crippen LogP contribution in [0.25, 0.3) is 0 Å². The van der Waals surface area contributed by atoms with E-state index >= 15 is 0 Å². The average Bonchev–Trinajstić information content (AvgIpc) is 2.88. The van der Waals surface area contributed by atoms with Crippen molar-refractivity contribution >= 4 is 11.3 Å². The molecule has 0 amide bonds. The number of hydrogen-bond acceptors (Lipinski definition) is 3. The first-order valence-corrected chi connectivity index (χ1v) is 6.85. The smallest absolute Gasteiger partial charge is 0.0647 e. The van der Waals surface area contributed by atoms with Gasteiger partial charge in [0.15, 0.2) is 0 Å². The minimum Gasteiger partial charge on any atom is -0.306 e. The van der Waals surface area contributed by atoms with Crippen LogP contribution in [0.3, 0.4) is 0 Å². The molecule has 0 bridgehead atoms. The van der Waals surface area contributed by atoms with E-state index in [-0.39, 0.29) is 6.04 Å². The molecule has 0 aliphatic rings. The van der Waals surface area contributed by atoms with Crippen LogP contribution in [0.5, 0.6) is 0 Å². The van der Waals surface area contributed by atoms with Crippen molar-refractivity contribution in [3.05, 3.63) is 39.3 Å². The van der Waals surface area contributed by atoms with E-state index in [1.165, 1.54) is 16.8 Å². The molecule has 92 valence electrons. The summed E-state index contributed by atoms with van der Waals surface area (Å²) in [5.41, 5.74) is 4.99. The maximum atomic E-state index is 4.50. The average molecular weight is 249 g/mol. The van der Waals surface area contributed by atoms with Crippen LogP contribution in [-0.4, -0.2) is 16.3 Å². The molecule has 1 unspecified atom stereocenters. The number of aromatic nitrogens is 2. The van der Waals surface area contributed by atoms with Crippen molar-refractivity contribution in [2.75, 3.05) is 6.54 Å². The Bertz CT molecular complexity index is 485. The zero-order valence-electron chi connectivity index (χ0n) is 10.8. The highest BCUT2D eigenvalue weighted by Crippen LogP contribution is 2.28. The quantitative estimate of drug-likeness (QED) is 0.903. The molecule has 0 saturated carbocycles. The second kappa shape index (κ2) is 5.02. The van der Waals surface area contributed by atoms with Gasteiger partial charge in [-0.15, -0.1) is 0 Å². The molecular formula is C13H19N3S. The third-order valence-corrected chi connectivity index (χ3v) is 3.84. The predicted octanol–water partition coefficient (Wildman–Crippen LogP) is 2.80. The lowest BCUT2D eigenvalue weighted by Gasteiger charge is -2.17. The first kappa shape index (κ1) is 12.3. The van der Waals surface area contributed by atoms with Crippen LogP contribution >= 0.6 is 11.3 Å². The largest absolute Gasteiger partial charge is 0.306 e. The first-order valence-electron chi connectivity index (χ1n) is 5.90. The fraction of sp³-hybridized carbons (Fsp3) is 0.462. The van der Waals surface area contributed by atoms with Crippen LogP contribution in [0.2, 0.25) is 0 Å². The third kappa shape index (κ3) is 2.28. The van der Waals surface area contributed by atoms with Gasteiger partial charge in [0.2, 0.25) is 0 Å². The Hall–Kier alpha value is -1.13. The van der Waals surface area contributed by atoms with Crippen LogP contribution in [0.15, 0.2) is 16.8 Å². The summed E-state index contributed by atoms with van der Waals surface area (Å²) >= 11 is 1.74. The summed E-state index contributed by atoms with van der Waals surface area (Å²) in [6.45, 7) is 7.31. The summed E-state index contributed by atoms with van der Waals surface area (Å²) in [4.78, 5) is 0. The monoisotopic (exact) mass is 249 g/mol. The van der Waals surface area contributed by atoms with Gasteiger partial charge in [-0.25, -0.2) is 0 Å². The van der Waals surface area contributed by atoms with Gasteiger partial charge in [-0.1, -0.05) is 6.92 Å². The normalized spacial score (nSPS) is 12.9. The molecule has 0 saturated heterocycles. The fourth-order valence-electron chi connectivity index (χ4n) is 2.24. The molecule has 1 N–H and O–H groups in total. The van der Waals surface area contributed by atoms with E-state index in [1.54, 1.807) is 11.3 Å². The van der Waals surface area contributed by atoms with Crippen LogP contribution in [0.4, 0.5) is 0 Å². The fourth-order valence-corrected chi connectivity index (χ4v) is 2.92. The van der Waals surface area contributed by atoms with E-state index in [0.29, 0.717) is 0 Å². The molecular weight excluding hydrogens is 230 g/mol. The molecule has 3 nitrogen and oxygen atoms in total. The number of thiophene rings is 1. The van der Waals surface area contributed by atoms with Gasteiger partial charge in [0.25, 0.3) is 0 Å². The molecule has 0 aliphatic carbocycles. The molecule has 2 aromatic heterocycles. The maximum absolute atomic E-state index is 4.50. The van der Waals surface area contributed by atoms with Crippen LogP contribution in [0.1, 0.15) is 35.5 Å². The van der Waals surface area contributed by atoms with Crippen molar-refractivity contribution in [2.24, 2.45) is 7.05 Å². The summed E-state index contributed by atoms with van der Waals surface area (Å²) in [5, 5.41) is 12.4. The second-order valence-electron chi connectivity index (χ2n) is 4.26. The summed E-state index contributed by atoms with van der Waals surface area (Å²) in [6, 6.07) is 2.45. The summed E-state index contributed by atoms with van der Waals surface area (Å²) in [7, 11) is 2.00. The number of aryl methyl sites for hydroxylation is 2. The zero-order chi connectivity index (χ0) is 12.4. The van der Waals surface area contributed by atoms with Crippen LogP contribution < -0.4 is 5.32 Å². The highest BCUT2D eigenvalue weighted by Gasteiger charge is 2.21. The van der Waals surface area contributed by atoms with Gasteiger partial charge in [0.05, 0.1) is 11.7 Å². The lowest BCUT2D eigenvalue weighted by atomic mass is 9.99. The highest BCUT2D eigenvalue weighted by atomic mass is 32.1. The summed E-state index contributed by atoms with van der Waals surface area (Å²) in [6.07, 6.45) is 0. The van der Waals surface area contributed by atoms with Gasteiger partial charge in [-0.2, -0.15) is 16.4 Å². The SMILES string of the molecule is CCNC(c1ccsc1)c1c(C)nn(C)c1C. The van der Waals surface area contributed by atoms with Crippen molar-refractivity contribution in [1.29, 1.82) is 0 Å². The number of rotatable bonds is 4. The van der Waals surface area contributed by atoms with E-state index < -0.39 is 0 Å². The lowest BCUT2D eigenvalue weighted by Crippen LogP contribution is -2.22. The third-order valence-electron chi connectivity index (χ3n) is 3.14. The molecule has 0 spiro atoms. The summed E-state index contributed by atoms with van der Waals surface area (Å²) in [5.74, 6) is 0. The number of nitrogens with zero attached hydrogens (tertiary/aromatic N) is 2. The van der Waals surface area contributed by atoms with E-state index in [9.17, 15) is 0 Å². The standard InChI is InChI=1S/C13H19N3S/c1-5-14-13(11-6-7-17-8-11)12-9(2)15-16(4)10(12)3/h6-8,13-14H,5H2,1-4H3. The second-order valence-corrected chi connectivity index (χ2v) is 5.04. The molecule has 17 heavy (non-hydrogen) atoms. The molecule has 0 radical (unpaired) electrons. The predicted molar refractivity (Wildman–Crippen MR) is 72.5 cm³/mol. The van der Waals surface area contributed by atoms with Crippen LogP contribution in [0, 0.1) is 13.8 Å². The maximum Gasteiger partial charge on any atom is 0.0647 e. The van der Waals surface area contributed by atoms with E-state index in [0.717, 1.165) is 12.2 Å². The Morgan fingerprint density at radius 1 is 1.47 bits per heavy atom. The van der Waals surface area contributed by atoms with Crippen LogP contribution in [-0.2, 0) is 7.05 Å². The lowest BCUT2D eigenvalue weighted by molar-refractivity contribution is 0.624. The van der Waals surface area contributed by atoms with Crippen molar-refractivity contribution in [2.45, 2.75) is 26.8 Å². The van der Waals surface area contributed by atoms with Gasteiger partial charge in [0.1, 0.15) is 0 Å². The van der Waals surface area contributed by atoms with Crippen molar-refractivity contribution in [3.8, 4) is 0 Å². The molecule has 0 aromatic carbocycles.